The molecule has 0 fully saturated rings. The van der Waals surface area contributed by atoms with E-state index in [2.05, 4.69) is 10.6 Å². The lowest BCUT2D eigenvalue weighted by Gasteiger charge is -2.02. The number of Topliss-reactive ketones (excluding diaryl/α,β-unsaturated/α-hetero) is 1. The third-order valence-corrected chi connectivity index (χ3v) is 3.04. The van der Waals surface area contributed by atoms with Crippen LogP contribution in [0, 0.1) is 0 Å². The molecule has 5 heteroatoms. The van der Waals surface area contributed by atoms with Gasteiger partial charge in [0.05, 0.1) is 6.08 Å². The van der Waals surface area contributed by atoms with E-state index in [1.807, 2.05) is 31.2 Å². The zero-order chi connectivity index (χ0) is 17.1. The average Bonchev–Trinajstić information content (AvgIpc) is 2.58. The molecule has 0 radical (unpaired) electrons. The highest BCUT2D eigenvalue weighted by Crippen LogP contribution is 2.09. The molecule has 1 aromatic rings. The van der Waals surface area contributed by atoms with Crippen molar-refractivity contribution in [3.05, 3.63) is 71.7 Å². The zero-order valence-electron chi connectivity index (χ0n) is 13.4. The first-order valence-electron chi connectivity index (χ1n) is 7.37. The van der Waals surface area contributed by atoms with E-state index in [9.17, 15) is 9.59 Å². The topological polar surface area (TPSA) is 78.4 Å². The second-order valence-electron chi connectivity index (χ2n) is 4.70. The number of hydrogen-bond acceptors (Lipinski definition) is 4. The smallest absolute Gasteiger partial charge is 0.249 e. The average molecular weight is 314 g/mol. The van der Waals surface area contributed by atoms with E-state index < -0.39 is 0 Å². The molecule has 0 atom stereocenters. The molecule has 0 spiro atoms. The van der Waals surface area contributed by atoms with Crippen LogP contribution >= 0.6 is 0 Å². The van der Waals surface area contributed by atoms with E-state index in [-0.39, 0.29) is 17.6 Å². The third kappa shape index (κ3) is 6.65. The van der Waals surface area contributed by atoms with Crippen LogP contribution in [0.5, 0.6) is 0 Å². The molecule has 1 amide bonds. The molecule has 0 aliphatic rings. The molecule has 1 rings (SSSR count). The third-order valence-electron chi connectivity index (χ3n) is 3.04. The van der Waals surface area contributed by atoms with E-state index in [4.69, 9.17) is 5.11 Å². The molecule has 0 bridgehead atoms. The van der Waals surface area contributed by atoms with Crippen LogP contribution < -0.4 is 10.6 Å². The molecule has 3 N–H and O–H groups in total. The van der Waals surface area contributed by atoms with Crippen molar-refractivity contribution in [1.82, 2.24) is 10.6 Å². The Labute approximate surface area is 136 Å². The van der Waals surface area contributed by atoms with Gasteiger partial charge in [-0.1, -0.05) is 48.6 Å². The number of carbonyl (C=O) groups excluding carboxylic acids is 2. The summed E-state index contributed by atoms with van der Waals surface area (Å²) >= 11 is 0. The highest BCUT2D eigenvalue weighted by Gasteiger charge is 2.07. The monoisotopic (exact) mass is 314 g/mol. The highest BCUT2D eigenvalue weighted by atomic mass is 16.3. The van der Waals surface area contributed by atoms with E-state index in [1.54, 1.807) is 24.3 Å². The van der Waals surface area contributed by atoms with Gasteiger partial charge in [-0.3, -0.25) is 9.59 Å². The summed E-state index contributed by atoms with van der Waals surface area (Å²) in [6.07, 6.45) is 7.00. The number of aliphatic hydroxyl groups is 1. The quantitative estimate of drug-likeness (QED) is 0.226. The van der Waals surface area contributed by atoms with Crippen LogP contribution in [0.25, 0.3) is 0 Å². The molecule has 0 aromatic heterocycles. The van der Waals surface area contributed by atoms with Crippen molar-refractivity contribution in [2.45, 2.75) is 13.3 Å². The molecule has 0 aliphatic carbocycles. The Morgan fingerprint density at radius 1 is 1.22 bits per heavy atom. The fraction of sp³-hybridized carbons (Fsp3) is 0.222. The van der Waals surface area contributed by atoms with Crippen molar-refractivity contribution in [3.63, 3.8) is 0 Å². The molecule has 0 heterocycles. The van der Waals surface area contributed by atoms with Gasteiger partial charge in [-0.15, -0.1) is 0 Å². The van der Waals surface area contributed by atoms with Gasteiger partial charge < -0.3 is 15.7 Å². The molecule has 1 aromatic carbocycles. The summed E-state index contributed by atoms with van der Waals surface area (Å²) in [4.78, 5) is 23.7. The van der Waals surface area contributed by atoms with Crippen LogP contribution in [0.2, 0.25) is 0 Å². The Bertz CT molecular complexity index is 616. The van der Waals surface area contributed by atoms with Gasteiger partial charge in [0.15, 0.2) is 11.7 Å². The summed E-state index contributed by atoms with van der Waals surface area (Å²) in [5.74, 6) is -0.602. The van der Waals surface area contributed by atoms with Gasteiger partial charge in [0, 0.05) is 24.7 Å². The van der Waals surface area contributed by atoms with Crippen LogP contribution in [0.4, 0.5) is 0 Å². The van der Waals surface area contributed by atoms with Crippen molar-refractivity contribution in [2.24, 2.45) is 0 Å². The maximum absolute atomic E-state index is 12.3. The van der Waals surface area contributed by atoms with E-state index in [0.29, 0.717) is 24.1 Å². The first-order valence-corrected chi connectivity index (χ1v) is 7.37. The molecule has 122 valence electrons. The van der Waals surface area contributed by atoms with Gasteiger partial charge in [-0.2, -0.15) is 0 Å². The van der Waals surface area contributed by atoms with Crippen molar-refractivity contribution in [2.75, 3.05) is 13.6 Å². The van der Waals surface area contributed by atoms with Crippen molar-refractivity contribution in [1.29, 1.82) is 0 Å². The van der Waals surface area contributed by atoms with Crippen LogP contribution in [0.1, 0.15) is 23.7 Å². The number of amides is 1. The fourth-order valence-electron chi connectivity index (χ4n) is 1.80. The molecule has 0 unspecified atom stereocenters. The van der Waals surface area contributed by atoms with Crippen LogP contribution in [0.3, 0.4) is 0 Å². The van der Waals surface area contributed by atoms with Gasteiger partial charge >= 0.3 is 0 Å². The van der Waals surface area contributed by atoms with Gasteiger partial charge in [-0.25, -0.2) is 0 Å². The van der Waals surface area contributed by atoms with Crippen LogP contribution in [0.15, 0.2) is 66.1 Å². The lowest BCUT2D eigenvalue weighted by molar-refractivity contribution is -0.116. The van der Waals surface area contributed by atoms with Crippen molar-refractivity contribution < 1.29 is 14.7 Å². The highest BCUT2D eigenvalue weighted by molar-refractivity contribution is 6.10. The Kier molecular flexibility index (Phi) is 7.92. The zero-order valence-corrected chi connectivity index (χ0v) is 13.4. The molecular formula is C18H22N2O3. The lowest BCUT2D eigenvalue weighted by atomic mass is 10.0. The summed E-state index contributed by atoms with van der Waals surface area (Å²) < 4.78 is 0. The van der Waals surface area contributed by atoms with E-state index in [1.165, 1.54) is 7.05 Å². The first kappa shape index (κ1) is 18.2. The van der Waals surface area contributed by atoms with E-state index >= 15 is 0 Å². The minimum absolute atomic E-state index is 0.0322. The largest absolute Gasteiger partial charge is 0.495 e. The number of carbonyl (C=O) groups is 2. The van der Waals surface area contributed by atoms with Crippen LogP contribution in [-0.2, 0) is 4.79 Å². The molecular weight excluding hydrogens is 292 g/mol. The number of hydrogen-bond donors (Lipinski definition) is 3. The number of rotatable bonds is 8. The normalized spacial score (nSPS) is 12.3. The molecule has 0 saturated carbocycles. The molecule has 0 aliphatic heterocycles. The maximum atomic E-state index is 12.3. The van der Waals surface area contributed by atoms with Gasteiger partial charge in [0.2, 0.25) is 5.91 Å². The number of ketones is 1. The minimum Gasteiger partial charge on any atom is -0.495 e. The van der Waals surface area contributed by atoms with E-state index in [0.717, 1.165) is 6.08 Å². The van der Waals surface area contributed by atoms with Crippen molar-refractivity contribution in [3.8, 4) is 0 Å². The Hall–Kier alpha value is -2.82. The van der Waals surface area contributed by atoms with Crippen LogP contribution in [-0.4, -0.2) is 30.4 Å². The SMILES string of the molecule is C/C=C(\C=C/CCNC(=O)/C=C(\O)NC)C(=O)c1ccccc1. The number of nitrogens with one attached hydrogen (secondary N) is 2. The van der Waals surface area contributed by atoms with Crippen molar-refractivity contribution >= 4 is 11.7 Å². The predicted molar refractivity (Wildman–Crippen MR) is 91.1 cm³/mol. The maximum Gasteiger partial charge on any atom is 0.249 e. The number of benzene rings is 1. The van der Waals surface area contributed by atoms with Gasteiger partial charge in [0.1, 0.15) is 0 Å². The number of allylic oxidation sites excluding steroid dienone is 3. The molecule has 0 saturated heterocycles. The molecule has 23 heavy (non-hydrogen) atoms. The van der Waals surface area contributed by atoms with Gasteiger partial charge in [0.25, 0.3) is 0 Å². The Morgan fingerprint density at radius 2 is 1.91 bits per heavy atom. The predicted octanol–water partition coefficient (Wildman–Crippen LogP) is 2.50. The second-order valence-corrected chi connectivity index (χ2v) is 4.70. The first-order chi connectivity index (χ1) is 11.1. The summed E-state index contributed by atoms with van der Waals surface area (Å²) in [6, 6.07) is 9.08. The van der Waals surface area contributed by atoms with Gasteiger partial charge in [-0.05, 0) is 13.3 Å². The standard InChI is InChI=1S/C18H22N2O3/c1-3-14(18(23)15-10-5-4-6-11-15)9-7-8-12-20-17(22)13-16(21)19-2/h3-7,9-11,13,19,21H,8,12H2,1-2H3,(H,20,22)/b9-7-,14-3+,16-13-. The molecule has 5 nitrogen and oxygen atoms in total. The Morgan fingerprint density at radius 3 is 2.52 bits per heavy atom. The fourth-order valence-corrected chi connectivity index (χ4v) is 1.80. The number of aliphatic hydroxyl groups excluding tert-OH is 1. The second kappa shape index (κ2) is 10.00. The summed E-state index contributed by atoms with van der Waals surface area (Å²) in [5.41, 5.74) is 1.25. The summed E-state index contributed by atoms with van der Waals surface area (Å²) in [5, 5.41) is 14.2. The lowest BCUT2D eigenvalue weighted by Crippen LogP contribution is -2.23. The summed E-state index contributed by atoms with van der Waals surface area (Å²) in [7, 11) is 1.52. The summed E-state index contributed by atoms with van der Waals surface area (Å²) in [6.45, 7) is 2.23. The Balaban J connectivity index is 2.47. The minimum atomic E-state index is -0.378.